The molecule has 0 spiro atoms. The van der Waals surface area contributed by atoms with E-state index in [0.29, 0.717) is 24.0 Å². The molecule has 5 nitrogen and oxygen atoms in total. The van der Waals surface area contributed by atoms with Crippen LogP contribution in [0.25, 0.3) is 11.1 Å². The Morgan fingerprint density at radius 2 is 1.91 bits per heavy atom. The second kappa shape index (κ2) is 6.80. The minimum absolute atomic E-state index is 0.104. The first kappa shape index (κ1) is 15.6. The standard InChI is InChI=1S/C16H15FN2O3/c1-2-3-16(21)18-14-9-11(4-6-13(14)19-22)10-5-7-15(20)12(17)8-10/h4-9,20H,2-3H2,1H3,(H,18,21). The van der Waals surface area contributed by atoms with Crippen molar-refractivity contribution in [2.45, 2.75) is 19.8 Å². The molecule has 0 heterocycles. The minimum Gasteiger partial charge on any atom is -0.505 e. The summed E-state index contributed by atoms with van der Waals surface area (Å²) in [5.41, 5.74) is 1.49. The molecule has 0 fully saturated rings. The number of hydrogen-bond acceptors (Lipinski definition) is 4. The van der Waals surface area contributed by atoms with Crippen molar-refractivity contribution in [1.29, 1.82) is 0 Å². The molecule has 2 aromatic carbocycles. The highest BCUT2D eigenvalue weighted by atomic mass is 19.1. The lowest BCUT2D eigenvalue weighted by Gasteiger charge is -2.09. The second-order valence-electron chi connectivity index (χ2n) is 4.79. The Bertz CT molecular complexity index is 717. The number of carbonyl (C=O) groups excluding carboxylic acids is 1. The van der Waals surface area contributed by atoms with Crippen molar-refractivity contribution in [3.63, 3.8) is 0 Å². The molecular weight excluding hydrogens is 287 g/mol. The highest BCUT2D eigenvalue weighted by Crippen LogP contribution is 2.32. The third-order valence-corrected chi connectivity index (χ3v) is 3.13. The summed E-state index contributed by atoms with van der Waals surface area (Å²) in [6.45, 7) is 1.87. The van der Waals surface area contributed by atoms with Crippen molar-refractivity contribution in [3.05, 3.63) is 47.1 Å². The molecule has 0 aliphatic rings. The number of halogens is 1. The lowest BCUT2D eigenvalue weighted by Crippen LogP contribution is -2.10. The van der Waals surface area contributed by atoms with Crippen molar-refractivity contribution in [2.24, 2.45) is 5.18 Å². The van der Waals surface area contributed by atoms with Crippen molar-refractivity contribution < 1.29 is 14.3 Å². The van der Waals surface area contributed by atoms with Crippen LogP contribution < -0.4 is 5.32 Å². The number of nitroso groups, excluding NO2 is 1. The van der Waals surface area contributed by atoms with Crippen molar-refractivity contribution >= 4 is 17.3 Å². The van der Waals surface area contributed by atoms with Crippen LogP contribution in [-0.2, 0) is 4.79 Å². The maximum absolute atomic E-state index is 13.4. The van der Waals surface area contributed by atoms with Gasteiger partial charge in [-0.2, -0.15) is 0 Å². The van der Waals surface area contributed by atoms with E-state index in [-0.39, 0.29) is 17.3 Å². The van der Waals surface area contributed by atoms with E-state index in [0.717, 1.165) is 0 Å². The van der Waals surface area contributed by atoms with Gasteiger partial charge in [-0.05, 0) is 47.0 Å². The maximum Gasteiger partial charge on any atom is 0.224 e. The molecule has 0 bridgehead atoms. The van der Waals surface area contributed by atoms with Gasteiger partial charge < -0.3 is 10.4 Å². The molecule has 0 unspecified atom stereocenters. The van der Waals surface area contributed by atoms with E-state index >= 15 is 0 Å². The molecule has 0 aliphatic heterocycles. The van der Waals surface area contributed by atoms with Crippen LogP contribution in [0.5, 0.6) is 5.75 Å². The zero-order chi connectivity index (χ0) is 16.1. The number of anilines is 1. The zero-order valence-electron chi connectivity index (χ0n) is 12.0. The van der Waals surface area contributed by atoms with Crippen molar-refractivity contribution in [3.8, 4) is 16.9 Å². The van der Waals surface area contributed by atoms with Gasteiger partial charge in [0.15, 0.2) is 11.6 Å². The monoisotopic (exact) mass is 302 g/mol. The molecule has 0 atom stereocenters. The molecule has 0 saturated heterocycles. The van der Waals surface area contributed by atoms with Gasteiger partial charge in [0.05, 0.1) is 5.69 Å². The van der Waals surface area contributed by atoms with E-state index in [1.54, 1.807) is 18.2 Å². The zero-order valence-corrected chi connectivity index (χ0v) is 12.0. The molecule has 22 heavy (non-hydrogen) atoms. The maximum atomic E-state index is 13.4. The van der Waals surface area contributed by atoms with Gasteiger partial charge in [0.25, 0.3) is 0 Å². The van der Waals surface area contributed by atoms with Crippen LogP contribution in [0.4, 0.5) is 15.8 Å². The van der Waals surface area contributed by atoms with Crippen molar-refractivity contribution in [2.75, 3.05) is 5.32 Å². The first-order valence-corrected chi connectivity index (χ1v) is 6.81. The fourth-order valence-corrected chi connectivity index (χ4v) is 2.02. The average molecular weight is 302 g/mol. The third kappa shape index (κ3) is 3.46. The van der Waals surface area contributed by atoms with Gasteiger partial charge in [0.1, 0.15) is 5.69 Å². The lowest BCUT2D eigenvalue weighted by molar-refractivity contribution is -0.116. The number of aromatic hydroxyl groups is 1. The van der Waals surface area contributed by atoms with Gasteiger partial charge in [-0.25, -0.2) is 4.39 Å². The summed E-state index contributed by atoms with van der Waals surface area (Å²) >= 11 is 0. The molecule has 1 amide bonds. The fourth-order valence-electron chi connectivity index (χ4n) is 2.02. The molecule has 0 aromatic heterocycles. The largest absolute Gasteiger partial charge is 0.505 e. The Labute approximate surface area is 126 Å². The highest BCUT2D eigenvalue weighted by Gasteiger charge is 2.10. The van der Waals surface area contributed by atoms with Crippen LogP contribution in [0.2, 0.25) is 0 Å². The Morgan fingerprint density at radius 3 is 2.55 bits per heavy atom. The van der Waals surface area contributed by atoms with Crippen molar-refractivity contribution in [1.82, 2.24) is 0 Å². The average Bonchev–Trinajstić information content (AvgIpc) is 2.50. The summed E-state index contributed by atoms with van der Waals surface area (Å²) in [5, 5.41) is 14.7. The molecule has 0 radical (unpaired) electrons. The van der Waals surface area contributed by atoms with Crippen LogP contribution in [0, 0.1) is 10.7 Å². The fraction of sp³-hybridized carbons (Fsp3) is 0.188. The molecule has 2 N–H and O–H groups in total. The molecule has 0 aliphatic carbocycles. The van der Waals surface area contributed by atoms with Crippen LogP contribution in [0.1, 0.15) is 19.8 Å². The normalized spacial score (nSPS) is 10.3. The number of hydrogen-bond donors (Lipinski definition) is 2. The smallest absolute Gasteiger partial charge is 0.224 e. The summed E-state index contributed by atoms with van der Waals surface area (Å²) in [4.78, 5) is 22.5. The Balaban J connectivity index is 2.39. The number of amides is 1. The van der Waals surface area contributed by atoms with E-state index in [9.17, 15) is 19.2 Å². The van der Waals surface area contributed by atoms with Gasteiger partial charge in [-0.1, -0.05) is 19.1 Å². The van der Waals surface area contributed by atoms with Gasteiger partial charge in [0, 0.05) is 6.42 Å². The first-order chi connectivity index (χ1) is 10.5. The van der Waals surface area contributed by atoms with E-state index in [4.69, 9.17) is 0 Å². The van der Waals surface area contributed by atoms with E-state index in [2.05, 4.69) is 10.5 Å². The van der Waals surface area contributed by atoms with Gasteiger partial charge in [-0.15, -0.1) is 4.91 Å². The molecule has 2 aromatic rings. The first-order valence-electron chi connectivity index (χ1n) is 6.81. The van der Waals surface area contributed by atoms with Crippen LogP contribution >= 0.6 is 0 Å². The number of phenols is 1. The number of nitrogens with zero attached hydrogens (tertiary/aromatic N) is 1. The number of phenolic OH excluding ortho intramolecular Hbond substituents is 1. The Hall–Kier alpha value is -2.76. The van der Waals surface area contributed by atoms with Crippen LogP contribution in [0.3, 0.4) is 0 Å². The summed E-state index contributed by atoms with van der Waals surface area (Å²) < 4.78 is 13.4. The van der Waals surface area contributed by atoms with E-state index < -0.39 is 11.6 Å². The van der Waals surface area contributed by atoms with Crippen LogP contribution in [-0.4, -0.2) is 11.0 Å². The Kier molecular flexibility index (Phi) is 4.83. The number of nitrogens with one attached hydrogen (secondary N) is 1. The SMILES string of the molecule is CCCC(=O)Nc1cc(-c2ccc(O)c(F)c2)ccc1N=O. The second-order valence-corrected chi connectivity index (χ2v) is 4.79. The molecule has 2 rings (SSSR count). The summed E-state index contributed by atoms with van der Waals surface area (Å²) in [7, 11) is 0. The van der Waals surface area contributed by atoms with Crippen LogP contribution in [0.15, 0.2) is 41.6 Å². The third-order valence-electron chi connectivity index (χ3n) is 3.13. The number of benzene rings is 2. The summed E-state index contributed by atoms with van der Waals surface area (Å²) in [6.07, 6.45) is 1.01. The topological polar surface area (TPSA) is 78.8 Å². The summed E-state index contributed by atoms with van der Waals surface area (Å²) in [6, 6.07) is 8.56. The quantitative estimate of drug-likeness (QED) is 0.806. The minimum atomic E-state index is -0.744. The molecular formula is C16H15FN2O3. The summed E-state index contributed by atoms with van der Waals surface area (Å²) in [5.74, 6) is -1.40. The van der Waals surface area contributed by atoms with Gasteiger partial charge >= 0.3 is 0 Å². The Morgan fingerprint density at radius 1 is 1.23 bits per heavy atom. The van der Waals surface area contributed by atoms with E-state index in [1.807, 2.05) is 6.92 Å². The predicted molar refractivity (Wildman–Crippen MR) is 82.5 cm³/mol. The van der Waals surface area contributed by atoms with Gasteiger partial charge in [0.2, 0.25) is 5.91 Å². The number of carbonyl (C=O) groups is 1. The number of rotatable bonds is 5. The molecule has 6 heteroatoms. The van der Waals surface area contributed by atoms with Gasteiger partial charge in [-0.3, -0.25) is 4.79 Å². The predicted octanol–water partition coefficient (Wildman–Crippen LogP) is 4.33. The molecule has 0 saturated carbocycles. The van der Waals surface area contributed by atoms with E-state index in [1.165, 1.54) is 18.2 Å². The molecule has 114 valence electrons. The highest BCUT2D eigenvalue weighted by molar-refractivity contribution is 5.94. The lowest BCUT2D eigenvalue weighted by atomic mass is 10.0.